The van der Waals surface area contributed by atoms with Crippen molar-refractivity contribution in [3.05, 3.63) is 30.6 Å². The van der Waals surface area contributed by atoms with E-state index in [1.54, 1.807) is 12.1 Å². The van der Waals surface area contributed by atoms with Crippen molar-refractivity contribution in [3.63, 3.8) is 0 Å². The van der Waals surface area contributed by atoms with Gasteiger partial charge in [-0.2, -0.15) is 13.8 Å². The quantitative estimate of drug-likeness (QED) is 0.853. The van der Waals surface area contributed by atoms with Crippen LogP contribution < -0.4 is 20.5 Å². The minimum atomic E-state index is -2.85. The molecule has 3 N–H and O–H groups in total. The summed E-state index contributed by atoms with van der Waals surface area (Å²) in [7, 11) is 0. The number of nitrogens with one attached hydrogen (secondary N) is 1. The Hall–Kier alpha value is -2.64. The molecular weight excluding hydrogens is 282 g/mol. The van der Waals surface area contributed by atoms with Crippen LogP contribution in [0.3, 0.4) is 0 Å². The summed E-state index contributed by atoms with van der Waals surface area (Å²) in [4.78, 5) is 7.92. The fraction of sp³-hybridized carbons (Fsp3) is 0.231. The normalized spacial score (nSPS) is 10.5. The first kappa shape index (κ1) is 14.8. The van der Waals surface area contributed by atoms with E-state index < -0.39 is 6.61 Å². The van der Waals surface area contributed by atoms with Gasteiger partial charge in [-0.05, 0) is 31.2 Å². The first-order chi connectivity index (χ1) is 10.1. The highest BCUT2D eigenvalue weighted by Gasteiger charge is 2.09. The van der Waals surface area contributed by atoms with Gasteiger partial charge in [0.05, 0.1) is 6.61 Å². The van der Waals surface area contributed by atoms with E-state index in [1.165, 1.54) is 18.5 Å². The number of halogens is 2. The molecule has 1 aromatic carbocycles. The zero-order valence-corrected chi connectivity index (χ0v) is 11.2. The smallest absolute Gasteiger partial charge is 0.387 e. The second-order valence-corrected chi connectivity index (χ2v) is 3.90. The van der Waals surface area contributed by atoms with Gasteiger partial charge in [-0.1, -0.05) is 0 Å². The summed E-state index contributed by atoms with van der Waals surface area (Å²) in [6, 6.07) is 5.96. The molecule has 0 bridgehead atoms. The SMILES string of the molecule is CCOc1ncnc(Nc2ccc(OC(F)F)cc2)c1N. The maximum Gasteiger partial charge on any atom is 0.387 e. The molecule has 0 unspecified atom stereocenters. The first-order valence-corrected chi connectivity index (χ1v) is 6.15. The van der Waals surface area contributed by atoms with E-state index in [-0.39, 0.29) is 17.3 Å². The molecule has 0 radical (unpaired) electrons. The van der Waals surface area contributed by atoms with Crippen LogP contribution in [0.15, 0.2) is 30.6 Å². The third-order valence-corrected chi connectivity index (χ3v) is 2.47. The maximum absolute atomic E-state index is 12.1. The third-order valence-electron chi connectivity index (χ3n) is 2.47. The lowest BCUT2D eigenvalue weighted by molar-refractivity contribution is -0.0498. The zero-order valence-electron chi connectivity index (χ0n) is 11.2. The zero-order chi connectivity index (χ0) is 15.2. The lowest BCUT2D eigenvalue weighted by atomic mass is 10.3. The summed E-state index contributed by atoms with van der Waals surface area (Å²) in [6.07, 6.45) is 1.32. The molecule has 21 heavy (non-hydrogen) atoms. The van der Waals surface area contributed by atoms with E-state index >= 15 is 0 Å². The summed E-state index contributed by atoms with van der Waals surface area (Å²) < 4.78 is 33.6. The summed E-state index contributed by atoms with van der Waals surface area (Å²) in [5, 5.41) is 2.95. The van der Waals surface area contributed by atoms with Gasteiger partial charge in [0.25, 0.3) is 0 Å². The molecule has 0 amide bonds. The molecule has 0 saturated heterocycles. The fourth-order valence-electron chi connectivity index (χ4n) is 1.59. The average molecular weight is 296 g/mol. The van der Waals surface area contributed by atoms with Crippen molar-refractivity contribution in [2.45, 2.75) is 13.5 Å². The molecule has 0 spiro atoms. The molecule has 1 heterocycles. The van der Waals surface area contributed by atoms with Crippen LogP contribution in [0.1, 0.15) is 6.92 Å². The molecule has 0 aliphatic carbocycles. The summed E-state index contributed by atoms with van der Waals surface area (Å²) >= 11 is 0. The van der Waals surface area contributed by atoms with Crippen molar-refractivity contribution >= 4 is 17.2 Å². The molecule has 0 atom stereocenters. The molecule has 0 aliphatic heterocycles. The molecule has 0 saturated carbocycles. The Bertz CT molecular complexity index is 593. The van der Waals surface area contributed by atoms with Crippen LogP contribution in [-0.4, -0.2) is 23.2 Å². The van der Waals surface area contributed by atoms with Gasteiger partial charge < -0.3 is 20.5 Å². The van der Waals surface area contributed by atoms with Crippen LogP contribution in [0.5, 0.6) is 11.6 Å². The van der Waals surface area contributed by atoms with E-state index in [1.807, 2.05) is 6.92 Å². The molecule has 0 fully saturated rings. The number of rotatable bonds is 6. The second kappa shape index (κ2) is 6.69. The molecule has 0 aliphatic rings. The van der Waals surface area contributed by atoms with Gasteiger partial charge in [0.15, 0.2) is 5.82 Å². The predicted molar refractivity (Wildman–Crippen MR) is 74.0 cm³/mol. The molecule has 2 rings (SSSR count). The Labute approximate surface area is 119 Å². The van der Waals surface area contributed by atoms with Gasteiger partial charge >= 0.3 is 6.61 Å². The number of hydrogen-bond donors (Lipinski definition) is 2. The van der Waals surface area contributed by atoms with E-state index in [0.29, 0.717) is 18.1 Å². The van der Waals surface area contributed by atoms with Crippen LogP contribution in [0.2, 0.25) is 0 Å². The Morgan fingerprint density at radius 3 is 2.57 bits per heavy atom. The second-order valence-electron chi connectivity index (χ2n) is 3.90. The highest BCUT2D eigenvalue weighted by Crippen LogP contribution is 2.28. The maximum atomic E-state index is 12.1. The van der Waals surface area contributed by atoms with Crippen molar-refractivity contribution in [1.82, 2.24) is 9.97 Å². The number of nitrogen functional groups attached to an aromatic ring is 1. The van der Waals surface area contributed by atoms with Gasteiger partial charge in [0, 0.05) is 5.69 Å². The Morgan fingerprint density at radius 2 is 1.95 bits per heavy atom. The van der Waals surface area contributed by atoms with Gasteiger partial charge in [0.1, 0.15) is 17.8 Å². The summed E-state index contributed by atoms with van der Waals surface area (Å²) in [5.74, 6) is 0.727. The van der Waals surface area contributed by atoms with Crippen molar-refractivity contribution in [3.8, 4) is 11.6 Å². The molecule has 6 nitrogen and oxygen atoms in total. The van der Waals surface area contributed by atoms with Crippen LogP contribution in [0, 0.1) is 0 Å². The number of ether oxygens (including phenoxy) is 2. The fourth-order valence-corrected chi connectivity index (χ4v) is 1.59. The van der Waals surface area contributed by atoms with Crippen LogP contribution >= 0.6 is 0 Å². The number of benzene rings is 1. The topological polar surface area (TPSA) is 82.3 Å². The molecule has 2 aromatic rings. The number of nitrogens with zero attached hydrogens (tertiary/aromatic N) is 2. The van der Waals surface area contributed by atoms with Crippen molar-refractivity contribution in [2.24, 2.45) is 0 Å². The average Bonchev–Trinajstić information content (AvgIpc) is 2.45. The minimum absolute atomic E-state index is 0.0706. The number of nitrogens with two attached hydrogens (primary N) is 1. The highest BCUT2D eigenvalue weighted by molar-refractivity contribution is 5.72. The Morgan fingerprint density at radius 1 is 1.24 bits per heavy atom. The van der Waals surface area contributed by atoms with E-state index in [2.05, 4.69) is 20.0 Å². The van der Waals surface area contributed by atoms with Gasteiger partial charge in [-0.3, -0.25) is 0 Å². The minimum Gasteiger partial charge on any atom is -0.476 e. The van der Waals surface area contributed by atoms with E-state index in [4.69, 9.17) is 10.5 Å². The molecule has 8 heteroatoms. The molecule has 112 valence electrons. The van der Waals surface area contributed by atoms with Crippen molar-refractivity contribution in [2.75, 3.05) is 17.7 Å². The lowest BCUT2D eigenvalue weighted by Crippen LogP contribution is -2.05. The third kappa shape index (κ3) is 3.91. The number of anilines is 3. The Kier molecular flexibility index (Phi) is 4.70. The van der Waals surface area contributed by atoms with Gasteiger partial charge in [-0.25, -0.2) is 4.98 Å². The van der Waals surface area contributed by atoms with Gasteiger partial charge in [-0.15, -0.1) is 0 Å². The highest BCUT2D eigenvalue weighted by atomic mass is 19.3. The Balaban J connectivity index is 2.13. The van der Waals surface area contributed by atoms with Crippen molar-refractivity contribution < 1.29 is 18.3 Å². The van der Waals surface area contributed by atoms with Crippen LogP contribution in [0.4, 0.5) is 26.0 Å². The summed E-state index contributed by atoms with van der Waals surface area (Å²) in [5.41, 5.74) is 6.76. The molecular formula is C13H14F2N4O2. The standard InChI is InChI=1S/C13H14F2N4O2/c1-2-20-12-10(16)11(17-7-18-12)19-8-3-5-9(6-4-8)21-13(14)15/h3-7,13H,2,16H2,1H3,(H,17,18,19). The van der Waals surface area contributed by atoms with E-state index in [0.717, 1.165) is 0 Å². The van der Waals surface area contributed by atoms with Crippen LogP contribution in [0.25, 0.3) is 0 Å². The van der Waals surface area contributed by atoms with Crippen LogP contribution in [-0.2, 0) is 0 Å². The number of hydrogen-bond acceptors (Lipinski definition) is 6. The monoisotopic (exact) mass is 296 g/mol. The van der Waals surface area contributed by atoms with Crippen molar-refractivity contribution in [1.29, 1.82) is 0 Å². The van der Waals surface area contributed by atoms with Gasteiger partial charge in [0.2, 0.25) is 5.88 Å². The number of alkyl halides is 2. The summed E-state index contributed by atoms with van der Waals surface area (Å²) in [6.45, 7) is -0.605. The van der Waals surface area contributed by atoms with E-state index in [9.17, 15) is 8.78 Å². The number of aromatic nitrogens is 2. The predicted octanol–water partition coefficient (Wildman–Crippen LogP) is 2.80. The molecule has 1 aromatic heterocycles. The lowest BCUT2D eigenvalue weighted by Gasteiger charge is -2.11. The first-order valence-electron chi connectivity index (χ1n) is 6.15. The largest absolute Gasteiger partial charge is 0.476 e.